The van der Waals surface area contributed by atoms with Crippen molar-refractivity contribution in [2.24, 2.45) is 29.1 Å². The topological polar surface area (TPSA) is 142 Å². The number of para-hydroxylation sites is 1. The van der Waals surface area contributed by atoms with Gasteiger partial charge in [0.05, 0.1) is 42.4 Å². The van der Waals surface area contributed by atoms with Crippen molar-refractivity contribution in [3.05, 3.63) is 65.7 Å². The van der Waals surface area contributed by atoms with Crippen molar-refractivity contribution in [3.8, 4) is 11.5 Å². The number of aliphatic carboxylic acids is 1. The molecule has 0 aromatic heterocycles. The first kappa shape index (κ1) is 26.7. The number of methoxy groups -OCH3 is 1. The van der Waals surface area contributed by atoms with Crippen LogP contribution >= 0.6 is 0 Å². The molecule has 2 saturated heterocycles. The molecule has 212 valence electrons. The summed E-state index contributed by atoms with van der Waals surface area (Å²) in [4.78, 5) is 68.8. The average molecular weight is 559 g/mol. The summed E-state index contributed by atoms with van der Waals surface area (Å²) in [7, 11) is 1.42. The van der Waals surface area contributed by atoms with E-state index in [0.29, 0.717) is 11.3 Å². The van der Waals surface area contributed by atoms with Gasteiger partial charge in [-0.3, -0.25) is 28.9 Å². The van der Waals surface area contributed by atoms with Crippen LogP contribution < -0.4 is 9.64 Å². The number of anilines is 1. The summed E-state index contributed by atoms with van der Waals surface area (Å²) in [6, 6.07) is 13.6. The van der Waals surface area contributed by atoms with E-state index in [2.05, 4.69) is 0 Å². The van der Waals surface area contributed by atoms with E-state index in [1.165, 1.54) is 18.1 Å². The number of phenolic OH excluding ortho intramolecular Hbond substituents is 1. The van der Waals surface area contributed by atoms with Crippen LogP contribution in [0.15, 0.2) is 60.2 Å². The maximum atomic E-state index is 14.3. The molecular formula is C31H30N2O8. The third kappa shape index (κ3) is 3.80. The van der Waals surface area contributed by atoms with Gasteiger partial charge >= 0.3 is 5.97 Å². The number of imide groups is 2. The van der Waals surface area contributed by atoms with Crippen molar-refractivity contribution in [1.82, 2.24) is 4.90 Å². The van der Waals surface area contributed by atoms with Crippen molar-refractivity contribution in [1.29, 1.82) is 0 Å². The zero-order valence-corrected chi connectivity index (χ0v) is 22.6. The van der Waals surface area contributed by atoms with Gasteiger partial charge in [0.15, 0.2) is 11.5 Å². The van der Waals surface area contributed by atoms with Crippen LogP contribution in [0.4, 0.5) is 5.69 Å². The Labute approximate surface area is 236 Å². The van der Waals surface area contributed by atoms with Crippen LogP contribution in [0.25, 0.3) is 0 Å². The number of fused-ring (bicyclic) bond motifs is 4. The largest absolute Gasteiger partial charge is 0.504 e. The van der Waals surface area contributed by atoms with Gasteiger partial charge in [-0.05, 0) is 55.5 Å². The van der Waals surface area contributed by atoms with Crippen molar-refractivity contribution >= 4 is 35.3 Å². The van der Waals surface area contributed by atoms with Crippen LogP contribution in [0.5, 0.6) is 11.5 Å². The number of rotatable bonds is 6. The number of likely N-dealkylation sites (tertiary alicyclic amines) is 1. The second kappa shape index (κ2) is 9.57. The number of carboxylic acids is 1. The molecule has 2 aromatic carbocycles. The first-order valence-electron chi connectivity index (χ1n) is 13.7. The second-order valence-corrected chi connectivity index (χ2v) is 11.4. The first-order valence-corrected chi connectivity index (χ1v) is 13.7. The fraction of sp³-hybridized carbons (Fsp3) is 0.387. The van der Waals surface area contributed by atoms with Gasteiger partial charge in [0.1, 0.15) is 0 Å². The standard InChI is InChI=1S/C31H30N2O8/c1-31-21(28(38)33(30(31)40)17-6-4-3-5-7-17)15-20-18(26(31)16-8-11-22(34)23(14-16)41-2)9-10-19-25(20)29(39)32(27(19)37)13-12-24(35)36/h3-9,11,14,19-21,25-26,34H,10,12-13,15H2,1-2H3,(H,35,36). The molecule has 41 heavy (non-hydrogen) atoms. The van der Waals surface area contributed by atoms with Crippen molar-refractivity contribution in [2.45, 2.75) is 32.1 Å². The highest BCUT2D eigenvalue weighted by molar-refractivity contribution is 6.24. The number of aromatic hydroxyl groups is 1. The molecule has 2 heterocycles. The van der Waals surface area contributed by atoms with Crippen molar-refractivity contribution < 1.29 is 38.9 Å². The van der Waals surface area contributed by atoms with Gasteiger partial charge in [0.2, 0.25) is 23.6 Å². The highest BCUT2D eigenvalue weighted by atomic mass is 16.5. The molecule has 0 spiro atoms. The summed E-state index contributed by atoms with van der Waals surface area (Å²) >= 11 is 0. The lowest BCUT2D eigenvalue weighted by Crippen LogP contribution is -2.48. The number of hydrogen-bond acceptors (Lipinski definition) is 7. The van der Waals surface area contributed by atoms with Crippen LogP contribution in [-0.2, 0) is 24.0 Å². The molecule has 3 fully saturated rings. The van der Waals surface area contributed by atoms with Gasteiger partial charge in [-0.25, -0.2) is 4.90 Å². The Hall–Kier alpha value is -4.47. The number of phenols is 1. The van der Waals surface area contributed by atoms with E-state index < -0.39 is 52.8 Å². The second-order valence-electron chi connectivity index (χ2n) is 11.4. The van der Waals surface area contributed by atoms with Crippen molar-refractivity contribution in [2.75, 3.05) is 18.6 Å². The highest BCUT2D eigenvalue weighted by Crippen LogP contribution is 2.63. The smallest absolute Gasteiger partial charge is 0.305 e. The van der Waals surface area contributed by atoms with Gasteiger partial charge in [-0.1, -0.05) is 35.9 Å². The van der Waals surface area contributed by atoms with Gasteiger partial charge in [0, 0.05) is 12.5 Å². The fourth-order valence-electron chi connectivity index (χ4n) is 7.59. The molecule has 6 atom stereocenters. The van der Waals surface area contributed by atoms with E-state index in [9.17, 15) is 29.1 Å². The Bertz CT molecular complexity index is 1520. The maximum Gasteiger partial charge on any atom is 0.305 e. The molecule has 2 aromatic rings. The molecule has 4 amide bonds. The van der Waals surface area contributed by atoms with Gasteiger partial charge in [0.25, 0.3) is 0 Å². The summed E-state index contributed by atoms with van der Waals surface area (Å²) in [5.41, 5.74) is 0.702. The zero-order valence-electron chi connectivity index (χ0n) is 22.6. The molecule has 2 aliphatic carbocycles. The summed E-state index contributed by atoms with van der Waals surface area (Å²) in [5.74, 6) is -5.84. The quantitative estimate of drug-likeness (QED) is 0.407. The molecule has 6 unspecified atom stereocenters. The molecule has 2 aliphatic heterocycles. The number of benzene rings is 2. The van der Waals surface area contributed by atoms with E-state index in [-0.39, 0.29) is 49.1 Å². The Morgan fingerprint density at radius 1 is 1.02 bits per heavy atom. The van der Waals surface area contributed by atoms with Crippen LogP contribution in [0.1, 0.15) is 37.7 Å². The van der Waals surface area contributed by atoms with Crippen LogP contribution in [0.2, 0.25) is 0 Å². The Morgan fingerprint density at radius 2 is 1.76 bits per heavy atom. The molecule has 0 bridgehead atoms. The fourth-order valence-corrected chi connectivity index (χ4v) is 7.59. The van der Waals surface area contributed by atoms with Gasteiger partial charge in [-0.15, -0.1) is 0 Å². The number of hydrogen-bond donors (Lipinski definition) is 2. The lowest BCUT2D eigenvalue weighted by molar-refractivity contribution is -0.142. The minimum Gasteiger partial charge on any atom is -0.504 e. The number of ether oxygens (including phenoxy) is 1. The van der Waals surface area contributed by atoms with Crippen molar-refractivity contribution in [3.63, 3.8) is 0 Å². The predicted molar refractivity (Wildman–Crippen MR) is 145 cm³/mol. The number of carboxylic acid groups (broad SMARTS) is 1. The minimum atomic E-state index is -1.21. The van der Waals surface area contributed by atoms with Gasteiger partial charge in [-0.2, -0.15) is 0 Å². The number of allylic oxidation sites excluding steroid dienone is 2. The lowest BCUT2D eigenvalue weighted by Gasteiger charge is -2.49. The Balaban J connectivity index is 1.49. The summed E-state index contributed by atoms with van der Waals surface area (Å²) in [6.45, 7) is 1.58. The van der Waals surface area contributed by atoms with E-state index in [0.717, 1.165) is 10.5 Å². The number of amides is 4. The normalized spacial score (nSPS) is 30.6. The lowest BCUT2D eigenvalue weighted by atomic mass is 9.51. The minimum absolute atomic E-state index is 0.0756. The summed E-state index contributed by atoms with van der Waals surface area (Å²) in [5, 5.41) is 19.5. The molecule has 10 heteroatoms. The molecule has 0 radical (unpaired) electrons. The van der Waals surface area contributed by atoms with Crippen LogP contribution in [0.3, 0.4) is 0 Å². The Morgan fingerprint density at radius 3 is 2.44 bits per heavy atom. The predicted octanol–water partition coefficient (Wildman–Crippen LogP) is 3.11. The van der Waals surface area contributed by atoms with Crippen LogP contribution in [-0.4, -0.2) is 58.4 Å². The van der Waals surface area contributed by atoms with E-state index in [4.69, 9.17) is 9.84 Å². The average Bonchev–Trinajstić information content (AvgIpc) is 3.32. The third-order valence-corrected chi connectivity index (χ3v) is 9.47. The molecule has 2 N–H and O–H groups in total. The van der Waals surface area contributed by atoms with Crippen LogP contribution in [0, 0.1) is 29.1 Å². The molecular weight excluding hydrogens is 528 g/mol. The number of carbonyl (C=O) groups excluding carboxylic acids is 4. The molecule has 10 nitrogen and oxygen atoms in total. The monoisotopic (exact) mass is 558 g/mol. The highest BCUT2D eigenvalue weighted by Gasteiger charge is 2.67. The summed E-state index contributed by atoms with van der Waals surface area (Å²) in [6.07, 6.45) is 2.04. The van der Waals surface area contributed by atoms with E-state index in [1.807, 2.05) is 6.08 Å². The third-order valence-electron chi connectivity index (χ3n) is 9.47. The molecule has 6 rings (SSSR count). The first-order chi connectivity index (χ1) is 19.6. The SMILES string of the molecule is COc1cc(C2C3=CCC4C(=O)N(CCC(=O)O)C(=O)C4C3CC3C(=O)N(c4ccccc4)C(=O)C32C)ccc1O. The zero-order chi connectivity index (χ0) is 29.2. The van der Waals surface area contributed by atoms with E-state index in [1.54, 1.807) is 49.4 Å². The Kier molecular flexibility index (Phi) is 6.24. The maximum absolute atomic E-state index is 14.3. The molecule has 1 saturated carbocycles. The molecule has 4 aliphatic rings. The number of carbonyl (C=O) groups is 5. The van der Waals surface area contributed by atoms with E-state index >= 15 is 0 Å². The number of nitrogens with zero attached hydrogens (tertiary/aromatic N) is 2. The van der Waals surface area contributed by atoms with Gasteiger partial charge < -0.3 is 14.9 Å². The summed E-state index contributed by atoms with van der Waals surface area (Å²) < 4.78 is 5.37.